The summed E-state index contributed by atoms with van der Waals surface area (Å²) < 4.78 is 3.86. The van der Waals surface area contributed by atoms with Gasteiger partial charge in [-0.3, -0.25) is 0 Å². The molecular formula is C15H23N6S+. The molecule has 22 heavy (non-hydrogen) atoms. The first-order chi connectivity index (χ1) is 10.7. The van der Waals surface area contributed by atoms with Gasteiger partial charge in [0.1, 0.15) is 5.69 Å². The minimum absolute atomic E-state index is 0.803. The molecule has 0 aliphatic heterocycles. The summed E-state index contributed by atoms with van der Waals surface area (Å²) in [6.07, 6.45) is 3.90. The predicted octanol–water partition coefficient (Wildman–Crippen LogP) is 2.20. The van der Waals surface area contributed by atoms with E-state index in [0.717, 1.165) is 42.7 Å². The monoisotopic (exact) mass is 319 g/mol. The van der Waals surface area contributed by atoms with Gasteiger partial charge < -0.3 is 10.6 Å². The number of imidazole rings is 1. The third kappa shape index (κ3) is 4.85. The molecule has 118 valence electrons. The van der Waals surface area contributed by atoms with E-state index < -0.39 is 0 Å². The highest BCUT2D eigenvalue weighted by Gasteiger charge is 2.09. The fourth-order valence-electron chi connectivity index (χ4n) is 1.97. The van der Waals surface area contributed by atoms with Crippen LogP contribution < -0.4 is 15.2 Å². The zero-order valence-electron chi connectivity index (χ0n) is 13.0. The van der Waals surface area contributed by atoms with Gasteiger partial charge in [0.15, 0.2) is 0 Å². The molecule has 0 aliphatic rings. The van der Waals surface area contributed by atoms with Crippen molar-refractivity contribution in [3.8, 4) is 0 Å². The van der Waals surface area contributed by atoms with E-state index in [1.807, 2.05) is 59.9 Å². The first-order valence-corrected chi connectivity index (χ1v) is 7.92. The molecule has 1 aromatic heterocycles. The zero-order chi connectivity index (χ0) is 15.8. The number of nitrogens with zero attached hydrogens (tertiary/aromatic N) is 4. The molecule has 6 nitrogen and oxygen atoms in total. The highest BCUT2D eigenvalue weighted by Crippen LogP contribution is 2.18. The largest absolute Gasteiger partial charge is 0.421 e. The summed E-state index contributed by atoms with van der Waals surface area (Å²) in [5.74, 6) is 1.66. The fraction of sp³-hybridized carbons (Fsp3) is 0.400. The molecule has 0 spiro atoms. The zero-order valence-corrected chi connectivity index (χ0v) is 13.9. The lowest BCUT2D eigenvalue weighted by Gasteiger charge is -2.06. The summed E-state index contributed by atoms with van der Waals surface area (Å²) in [6.45, 7) is 2.74. The van der Waals surface area contributed by atoms with Crippen LogP contribution in [-0.4, -0.2) is 30.0 Å². The SMILES string of the molecule is Cn1cc[n+](C)c1N=Nc1ccc(NCCNCCS)cc1. The number of benzene rings is 1. The van der Waals surface area contributed by atoms with Gasteiger partial charge in [0, 0.05) is 36.2 Å². The Bertz CT molecular complexity index is 585. The van der Waals surface area contributed by atoms with Crippen molar-refractivity contribution in [2.45, 2.75) is 0 Å². The maximum atomic E-state index is 4.27. The molecule has 0 bridgehead atoms. The maximum Gasteiger partial charge on any atom is 0.421 e. The van der Waals surface area contributed by atoms with E-state index in [0.29, 0.717) is 0 Å². The van der Waals surface area contributed by atoms with Crippen molar-refractivity contribution in [2.75, 3.05) is 30.7 Å². The summed E-state index contributed by atoms with van der Waals surface area (Å²) >= 11 is 4.15. The van der Waals surface area contributed by atoms with E-state index in [9.17, 15) is 0 Å². The maximum absolute atomic E-state index is 4.27. The molecule has 1 heterocycles. The van der Waals surface area contributed by atoms with Gasteiger partial charge in [-0.25, -0.2) is 9.13 Å². The van der Waals surface area contributed by atoms with E-state index in [2.05, 4.69) is 33.5 Å². The Balaban J connectivity index is 1.86. The minimum Gasteiger partial charge on any atom is -0.384 e. The van der Waals surface area contributed by atoms with Crippen molar-refractivity contribution in [3.05, 3.63) is 36.7 Å². The van der Waals surface area contributed by atoms with Gasteiger partial charge in [0.25, 0.3) is 0 Å². The number of azo groups is 1. The van der Waals surface area contributed by atoms with Crippen molar-refractivity contribution < 1.29 is 4.57 Å². The summed E-state index contributed by atoms with van der Waals surface area (Å²) in [7, 11) is 3.90. The van der Waals surface area contributed by atoms with Crippen LogP contribution in [0.2, 0.25) is 0 Å². The second-order valence-corrected chi connectivity index (χ2v) is 5.41. The molecule has 2 rings (SSSR count). The van der Waals surface area contributed by atoms with Crippen molar-refractivity contribution in [1.82, 2.24) is 9.88 Å². The molecule has 0 aliphatic carbocycles. The summed E-state index contributed by atoms with van der Waals surface area (Å²) in [6, 6.07) is 7.93. The van der Waals surface area contributed by atoms with Crippen LogP contribution in [0, 0.1) is 0 Å². The highest BCUT2D eigenvalue weighted by molar-refractivity contribution is 7.80. The van der Waals surface area contributed by atoms with Gasteiger partial charge >= 0.3 is 5.95 Å². The standard InChI is InChI=1S/C15H22N6S/c1-20-10-11-21(2)15(20)19-18-14-5-3-13(4-6-14)17-8-7-16-9-12-22/h3-6,10-11,16,22H,7-9,12H2,1-2H3/p+1. The van der Waals surface area contributed by atoms with Crippen LogP contribution in [0.4, 0.5) is 17.3 Å². The second-order valence-electron chi connectivity index (χ2n) is 4.97. The molecule has 1 aromatic carbocycles. The molecule has 2 N–H and O–H groups in total. The van der Waals surface area contributed by atoms with Crippen LogP contribution in [0.5, 0.6) is 0 Å². The minimum atomic E-state index is 0.803. The quantitative estimate of drug-likeness (QED) is 0.302. The number of aromatic nitrogens is 2. The van der Waals surface area contributed by atoms with Gasteiger partial charge in [-0.2, -0.15) is 12.6 Å². The Kier molecular flexibility index (Phi) is 6.42. The second kappa shape index (κ2) is 8.55. The smallest absolute Gasteiger partial charge is 0.384 e. The fourth-order valence-corrected chi connectivity index (χ4v) is 2.13. The van der Waals surface area contributed by atoms with E-state index in [1.165, 1.54) is 0 Å². The topological polar surface area (TPSA) is 57.6 Å². The molecule has 0 amide bonds. The molecule has 0 saturated carbocycles. The third-order valence-electron chi connectivity index (χ3n) is 3.19. The van der Waals surface area contributed by atoms with Gasteiger partial charge in [-0.15, -0.1) is 0 Å². The van der Waals surface area contributed by atoms with Crippen molar-refractivity contribution in [1.29, 1.82) is 0 Å². The normalized spacial score (nSPS) is 11.2. The van der Waals surface area contributed by atoms with Crippen LogP contribution in [-0.2, 0) is 14.1 Å². The van der Waals surface area contributed by atoms with Gasteiger partial charge in [-0.05, 0) is 24.3 Å². The Morgan fingerprint density at radius 3 is 2.55 bits per heavy atom. The number of aryl methyl sites for hydroxylation is 2. The number of rotatable bonds is 8. The Hall–Kier alpha value is -1.86. The average Bonchev–Trinajstić information content (AvgIpc) is 2.85. The molecule has 2 aromatic rings. The molecule has 0 atom stereocenters. The van der Waals surface area contributed by atoms with Crippen molar-refractivity contribution >= 4 is 30.0 Å². The number of thiol groups is 1. The van der Waals surface area contributed by atoms with Gasteiger partial charge in [-0.1, -0.05) is 5.11 Å². The van der Waals surface area contributed by atoms with Crippen LogP contribution in [0.15, 0.2) is 46.9 Å². The van der Waals surface area contributed by atoms with Crippen LogP contribution >= 0.6 is 12.6 Å². The third-order valence-corrected chi connectivity index (χ3v) is 3.41. The Morgan fingerprint density at radius 2 is 1.91 bits per heavy atom. The molecule has 0 radical (unpaired) electrons. The lowest BCUT2D eigenvalue weighted by atomic mass is 10.3. The highest BCUT2D eigenvalue weighted by atomic mass is 32.1. The summed E-state index contributed by atoms with van der Waals surface area (Å²) in [5, 5.41) is 15.2. The number of nitrogens with one attached hydrogen (secondary N) is 2. The first-order valence-electron chi connectivity index (χ1n) is 7.29. The molecule has 7 heteroatoms. The van der Waals surface area contributed by atoms with E-state index in [-0.39, 0.29) is 0 Å². The van der Waals surface area contributed by atoms with Crippen LogP contribution in [0.3, 0.4) is 0 Å². The van der Waals surface area contributed by atoms with E-state index in [1.54, 1.807) is 0 Å². The molecule has 0 saturated heterocycles. The molecule has 0 fully saturated rings. The molecular weight excluding hydrogens is 296 g/mol. The number of hydrogen-bond acceptors (Lipinski definition) is 5. The average molecular weight is 319 g/mol. The van der Waals surface area contributed by atoms with Crippen molar-refractivity contribution in [2.24, 2.45) is 24.3 Å². The summed E-state index contributed by atoms with van der Waals surface area (Å²) in [4.78, 5) is 0. The lowest BCUT2D eigenvalue weighted by molar-refractivity contribution is -0.657. The summed E-state index contributed by atoms with van der Waals surface area (Å²) in [5.41, 5.74) is 1.91. The first kappa shape index (κ1) is 16.5. The molecule has 0 unspecified atom stereocenters. The van der Waals surface area contributed by atoms with Gasteiger partial charge in [0.05, 0.1) is 26.5 Å². The number of hydrogen-bond donors (Lipinski definition) is 3. The van der Waals surface area contributed by atoms with E-state index >= 15 is 0 Å². The predicted molar refractivity (Wildman–Crippen MR) is 92.4 cm³/mol. The Labute approximate surface area is 136 Å². The van der Waals surface area contributed by atoms with Crippen LogP contribution in [0.1, 0.15) is 0 Å². The Morgan fingerprint density at radius 1 is 1.14 bits per heavy atom. The van der Waals surface area contributed by atoms with Crippen molar-refractivity contribution in [3.63, 3.8) is 0 Å². The lowest BCUT2D eigenvalue weighted by Crippen LogP contribution is -2.25. The van der Waals surface area contributed by atoms with Crippen LogP contribution in [0.25, 0.3) is 0 Å². The number of anilines is 1. The van der Waals surface area contributed by atoms with Gasteiger partial charge in [0.2, 0.25) is 0 Å². The van der Waals surface area contributed by atoms with E-state index in [4.69, 9.17) is 0 Å².